The second-order valence-electron chi connectivity index (χ2n) is 7.92. The van der Waals surface area contributed by atoms with Crippen LogP contribution in [0.3, 0.4) is 0 Å². The zero-order chi connectivity index (χ0) is 17.4. The van der Waals surface area contributed by atoms with E-state index in [0.29, 0.717) is 6.04 Å². The Kier molecular flexibility index (Phi) is 4.33. The minimum atomic E-state index is 0.239. The number of hydrogen-bond acceptors (Lipinski definition) is 1. The molecule has 0 aliphatic carbocycles. The van der Waals surface area contributed by atoms with E-state index in [1.165, 1.54) is 48.8 Å². The largest absolute Gasteiger partial charge is 0.343 e. The number of fused-ring (bicyclic) bond motifs is 3. The standard InChI is InChI=1S/C23H30N2/c1-4-12-23(13-5-2)14-17-25-20-11-7-6-10-19(20)18(3)21(25)22(23)24-15-8-9-16-24/h4-7,10-11,22H,1-2,8-9,12-17H2,3H3. The first-order valence-corrected chi connectivity index (χ1v) is 9.75. The monoisotopic (exact) mass is 334 g/mol. The first-order chi connectivity index (χ1) is 12.2. The van der Waals surface area contributed by atoms with E-state index in [9.17, 15) is 0 Å². The van der Waals surface area contributed by atoms with Gasteiger partial charge in [-0.25, -0.2) is 0 Å². The van der Waals surface area contributed by atoms with Gasteiger partial charge < -0.3 is 4.57 Å². The Hall–Kier alpha value is -1.80. The third kappa shape index (κ3) is 2.50. The molecule has 1 saturated heterocycles. The van der Waals surface area contributed by atoms with E-state index >= 15 is 0 Å². The van der Waals surface area contributed by atoms with Gasteiger partial charge in [-0.15, -0.1) is 13.2 Å². The topological polar surface area (TPSA) is 8.17 Å². The van der Waals surface area contributed by atoms with E-state index in [2.05, 4.69) is 66.0 Å². The molecule has 3 heterocycles. The zero-order valence-corrected chi connectivity index (χ0v) is 15.5. The van der Waals surface area contributed by atoms with Gasteiger partial charge in [-0.3, -0.25) is 4.90 Å². The van der Waals surface area contributed by atoms with Crippen molar-refractivity contribution in [2.24, 2.45) is 5.41 Å². The molecule has 0 spiro atoms. The average Bonchev–Trinajstić information content (AvgIpc) is 3.24. The third-order valence-electron chi connectivity index (χ3n) is 6.55. The van der Waals surface area contributed by atoms with Crippen LogP contribution in [0.1, 0.15) is 49.4 Å². The zero-order valence-electron chi connectivity index (χ0n) is 15.5. The highest BCUT2D eigenvalue weighted by Crippen LogP contribution is 2.53. The maximum atomic E-state index is 4.10. The second-order valence-corrected chi connectivity index (χ2v) is 7.92. The predicted octanol–water partition coefficient (Wildman–Crippen LogP) is 5.63. The molecule has 1 fully saturated rings. The summed E-state index contributed by atoms with van der Waals surface area (Å²) in [5.41, 5.74) is 4.68. The molecule has 0 saturated carbocycles. The molecule has 1 aromatic heterocycles. The number of aromatic nitrogens is 1. The molecule has 0 radical (unpaired) electrons. The smallest absolute Gasteiger partial charge is 0.0566 e. The van der Waals surface area contributed by atoms with Crippen molar-refractivity contribution in [3.8, 4) is 0 Å². The molecule has 4 rings (SSSR count). The highest BCUT2D eigenvalue weighted by molar-refractivity contribution is 5.85. The minimum absolute atomic E-state index is 0.239. The van der Waals surface area contributed by atoms with E-state index in [0.717, 1.165) is 19.4 Å². The van der Waals surface area contributed by atoms with Crippen molar-refractivity contribution in [3.05, 3.63) is 60.8 Å². The summed E-state index contributed by atoms with van der Waals surface area (Å²) >= 11 is 0. The predicted molar refractivity (Wildman–Crippen MR) is 107 cm³/mol. The van der Waals surface area contributed by atoms with Gasteiger partial charge in [-0.2, -0.15) is 0 Å². The average molecular weight is 335 g/mol. The van der Waals surface area contributed by atoms with Crippen molar-refractivity contribution >= 4 is 10.9 Å². The van der Waals surface area contributed by atoms with Gasteiger partial charge in [0.15, 0.2) is 0 Å². The maximum Gasteiger partial charge on any atom is 0.0566 e. The number of rotatable bonds is 5. The first kappa shape index (κ1) is 16.7. The summed E-state index contributed by atoms with van der Waals surface area (Å²) in [6.07, 6.45) is 10.3. The molecule has 0 N–H and O–H groups in total. The minimum Gasteiger partial charge on any atom is -0.343 e. The fourth-order valence-corrected chi connectivity index (χ4v) is 5.50. The fourth-order valence-electron chi connectivity index (χ4n) is 5.50. The number of benzene rings is 1. The SMILES string of the molecule is C=CCC1(CC=C)CCn2c(c(C)c3ccccc32)C1N1CCCC1. The van der Waals surface area contributed by atoms with E-state index in [4.69, 9.17) is 0 Å². The molecular formula is C23H30N2. The van der Waals surface area contributed by atoms with Crippen LogP contribution >= 0.6 is 0 Å². The normalized spacial score (nSPS) is 22.8. The van der Waals surface area contributed by atoms with E-state index in [1.807, 2.05) is 0 Å². The number of likely N-dealkylation sites (tertiary alicyclic amines) is 1. The summed E-state index contributed by atoms with van der Waals surface area (Å²) in [5, 5.41) is 1.43. The Labute approximate surface area is 151 Å². The number of hydrogen-bond donors (Lipinski definition) is 0. The highest BCUT2D eigenvalue weighted by atomic mass is 15.2. The van der Waals surface area contributed by atoms with Crippen molar-refractivity contribution in [3.63, 3.8) is 0 Å². The van der Waals surface area contributed by atoms with Crippen molar-refractivity contribution in [1.82, 2.24) is 9.47 Å². The van der Waals surface area contributed by atoms with Crippen LogP contribution in [0.2, 0.25) is 0 Å². The van der Waals surface area contributed by atoms with Gasteiger partial charge in [0.1, 0.15) is 0 Å². The van der Waals surface area contributed by atoms with Crippen LogP contribution in [0.15, 0.2) is 49.6 Å². The molecule has 1 aromatic carbocycles. The molecule has 2 heteroatoms. The van der Waals surface area contributed by atoms with Crippen molar-refractivity contribution in [1.29, 1.82) is 0 Å². The van der Waals surface area contributed by atoms with Crippen molar-refractivity contribution in [2.45, 2.75) is 51.6 Å². The Morgan fingerprint density at radius 1 is 1.08 bits per heavy atom. The Morgan fingerprint density at radius 3 is 2.44 bits per heavy atom. The Bertz CT molecular complexity index is 782. The second kappa shape index (κ2) is 6.49. The van der Waals surface area contributed by atoms with E-state index in [-0.39, 0.29) is 5.41 Å². The molecule has 2 aliphatic rings. The summed E-state index contributed by atoms with van der Waals surface area (Å²) in [7, 11) is 0. The van der Waals surface area contributed by atoms with Crippen LogP contribution in [0, 0.1) is 12.3 Å². The highest BCUT2D eigenvalue weighted by Gasteiger charge is 2.46. The summed E-state index contributed by atoms with van der Waals surface area (Å²) in [4.78, 5) is 2.75. The third-order valence-corrected chi connectivity index (χ3v) is 6.55. The summed E-state index contributed by atoms with van der Waals surface area (Å²) in [5.74, 6) is 0. The van der Waals surface area contributed by atoms with Crippen LogP contribution < -0.4 is 0 Å². The Morgan fingerprint density at radius 2 is 1.76 bits per heavy atom. The molecule has 2 aliphatic heterocycles. The van der Waals surface area contributed by atoms with Gasteiger partial charge in [0.25, 0.3) is 0 Å². The molecular weight excluding hydrogens is 304 g/mol. The molecule has 2 nitrogen and oxygen atoms in total. The lowest BCUT2D eigenvalue weighted by molar-refractivity contribution is 0.0465. The number of allylic oxidation sites excluding steroid dienone is 2. The molecule has 2 aromatic rings. The maximum absolute atomic E-state index is 4.10. The Balaban J connectivity index is 1.94. The number of aryl methyl sites for hydroxylation is 2. The summed E-state index contributed by atoms with van der Waals surface area (Å²) < 4.78 is 2.61. The van der Waals surface area contributed by atoms with Crippen LogP contribution in [-0.4, -0.2) is 22.6 Å². The van der Waals surface area contributed by atoms with Gasteiger partial charge in [0.05, 0.1) is 6.04 Å². The lowest BCUT2D eigenvalue weighted by Gasteiger charge is -2.48. The fraction of sp³-hybridized carbons (Fsp3) is 0.478. The van der Waals surface area contributed by atoms with Crippen LogP contribution in [0.5, 0.6) is 0 Å². The van der Waals surface area contributed by atoms with Gasteiger partial charge in [0.2, 0.25) is 0 Å². The van der Waals surface area contributed by atoms with Crippen molar-refractivity contribution in [2.75, 3.05) is 13.1 Å². The molecule has 0 bridgehead atoms. The van der Waals surface area contributed by atoms with Crippen molar-refractivity contribution < 1.29 is 0 Å². The molecule has 25 heavy (non-hydrogen) atoms. The lowest BCUT2D eigenvalue weighted by Crippen LogP contribution is -2.44. The lowest BCUT2D eigenvalue weighted by atomic mass is 9.68. The quantitative estimate of drug-likeness (QED) is 0.643. The number of para-hydroxylation sites is 1. The summed E-state index contributed by atoms with van der Waals surface area (Å²) in [6.45, 7) is 14.1. The van der Waals surface area contributed by atoms with Gasteiger partial charge >= 0.3 is 0 Å². The van der Waals surface area contributed by atoms with E-state index in [1.54, 1.807) is 5.69 Å². The van der Waals surface area contributed by atoms with Gasteiger partial charge in [0, 0.05) is 28.6 Å². The first-order valence-electron chi connectivity index (χ1n) is 9.75. The molecule has 1 atom stereocenters. The van der Waals surface area contributed by atoms with Crippen LogP contribution in [0.4, 0.5) is 0 Å². The summed E-state index contributed by atoms with van der Waals surface area (Å²) in [6, 6.07) is 9.41. The van der Waals surface area contributed by atoms with E-state index < -0.39 is 0 Å². The molecule has 0 amide bonds. The van der Waals surface area contributed by atoms with Gasteiger partial charge in [-0.05, 0) is 63.7 Å². The molecule has 1 unspecified atom stereocenters. The van der Waals surface area contributed by atoms with Crippen LogP contribution in [0.25, 0.3) is 10.9 Å². The van der Waals surface area contributed by atoms with Gasteiger partial charge in [-0.1, -0.05) is 30.4 Å². The van der Waals surface area contributed by atoms with Crippen LogP contribution in [-0.2, 0) is 6.54 Å². The number of nitrogens with zero attached hydrogens (tertiary/aromatic N) is 2. The molecule has 132 valence electrons.